The lowest BCUT2D eigenvalue weighted by Crippen LogP contribution is -2.33. The van der Waals surface area contributed by atoms with E-state index in [4.69, 9.17) is 5.26 Å². The number of hydrogen-bond acceptors (Lipinski definition) is 3. The topological polar surface area (TPSA) is 73.1 Å². The van der Waals surface area contributed by atoms with Gasteiger partial charge in [-0.1, -0.05) is 29.3 Å². The highest BCUT2D eigenvalue weighted by molar-refractivity contribution is 9.10. The molecule has 0 spiro atoms. The fraction of sp³-hybridized carbons (Fsp3) is 0.333. The van der Waals surface area contributed by atoms with Gasteiger partial charge in [0.25, 0.3) is 5.91 Å². The van der Waals surface area contributed by atoms with Crippen molar-refractivity contribution < 1.29 is 9.90 Å². The first-order chi connectivity index (χ1) is 8.08. The van der Waals surface area contributed by atoms with Gasteiger partial charge in [-0.15, -0.1) is 0 Å². The van der Waals surface area contributed by atoms with Gasteiger partial charge in [-0.05, 0) is 24.6 Å². The number of phenolic OH excluding ortho intramolecular Hbond substituents is 1. The van der Waals surface area contributed by atoms with Gasteiger partial charge in [-0.3, -0.25) is 4.79 Å². The molecule has 1 aromatic carbocycles. The SMILES string of the molecule is CCCC(C#N)NC(=O)c1ccc(Br)cc1O. The van der Waals surface area contributed by atoms with Gasteiger partial charge in [-0.25, -0.2) is 0 Å². The summed E-state index contributed by atoms with van der Waals surface area (Å²) < 4.78 is 0.692. The molecule has 2 N–H and O–H groups in total. The van der Waals surface area contributed by atoms with Gasteiger partial charge in [0.15, 0.2) is 0 Å². The predicted octanol–water partition coefficient (Wildman–Crippen LogP) is 2.58. The molecule has 1 aromatic rings. The van der Waals surface area contributed by atoms with Crippen LogP contribution in [0, 0.1) is 11.3 Å². The third-order valence-corrected chi connectivity index (χ3v) is 2.74. The summed E-state index contributed by atoms with van der Waals surface area (Å²) in [4.78, 5) is 11.8. The van der Waals surface area contributed by atoms with E-state index in [1.807, 2.05) is 13.0 Å². The molecule has 0 radical (unpaired) electrons. The molecular formula is C12H13BrN2O2. The Kier molecular flexibility index (Phi) is 4.98. The van der Waals surface area contributed by atoms with Crippen LogP contribution in [0.4, 0.5) is 0 Å². The highest BCUT2D eigenvalue weighted by Crippen LogP contribution is 2.22. The van der Waals surface area contributed by atoms with Crippen molar-refractivity contribution in [1.29, 1.82) is 5.26 Å². The van der Waals surface area contributed by atoms with Gasteiger partial charge >= 0.3 is 0 Å². The highest BCUT2D eigenvalue weighted by Gasteiger charge is 2.15. The summed E-state index contributed by atoms with van der Waals surface area (Å²) in [5, 5.41) is 21.0. The van der Waals surface area contributed by atoms with Crippen LogP contribution in [0.1, 0.15) is 30.1 Å². The number of halogens is 1. The number of rotatable bonds is 4. The molecule has 0 aromatic heterocycles. The molecule has 1 amide bonds. The van der Waals surface area contributed by atoms with E-state index in [0.29, 0.717) is 10.9 Å². The molecule has 0 aliphatic rings. The lowest BCUT2D eigenvalue weighted by atomic mass is 10.1. The number of carbonyl (C=O) groups is 1. The second-order valence-electron chi connectivity index (χ2n) is 3.61. The van der Waals surface area contributed by atoms with E-state index in [9.17, 15) is 9.90 Å². The van der Waals surface area contributed by atoms with Crippen molar-refractivity contribution in [1.82, 2.24) is 5.32 Å². The number of nitrogens with zero attached hydrogens (tertiary/aromatic N) is 1. The van der Waals surface area contributed by atoms with E-state index < -0.39 is 11.9 Å². The summed E-state index contributed by atoms with van der Waals surface area (Å²) in [6.07, 6.45) is 1.41. The summed E-state index contributed by atoms with van der Waals surface area (Å²) in [6.45, 7) is 1.94. The quantitative estimate of drug-likeness (QED) is 0.897. The smallest absolute Gasteiger partial charge is 0.256 e. The lowest BCUT2D eigenvalue weighted by Gasteiger charge is -2.11. The summed E-state index contributed by atoms with van der Waals surface area (Å²) in [7, 11) is 0. The maximum Gasteiger partial charge on any atom is 0.256 e. The predicted molar refractivity (Wildman–Crippen MR) is 67.6 cm³/mol. The highest BCUT2D eigenvalue weighted by atomic mass is 79.9. The number of hydrogen-bond donors (Lipinski definition) is 2. The molecule has 0 aliphatic heterocycles. The number of aromatic hydroxyl groups is 1. The van der Waals surface area contributed by atoms with E-state index in [1.165, 1.54) is 12.1 Å². The minimum absolute atomic E-state index is 0.106. The lowest BCUT2D eigenvalue weighted by molar-refractivity contribution is 0.0941. The minimum atomic E-state index is -0.518. The molecule has 4 nitrogen and oxygen atoms in total. The van der Waals surface area contributed by atoms with E-state index in [0.717, 1.165) is 6.42 Å². The number of benzene rings is 1. The minimum Gasteiger partial charge on any atom is -0.507 e. The van der Waals surface area contributed by atoms with Crippen molar-refractivity contribution >= 4 is 21.8 Å². The Morgan fingerprint density at radius 1 is 1.65 bits per heavy atom. The molecule has 1 unspecified atom stereocenters. The average Bonchev–Trinajstić information content (AvgIpc) is 2.28. The Morgan fingerprint density at radius 2 is 2.35 bits per heavy atom. The Morgan fingerprint density at radius 3 is 2.88 bits per heavy atom. The summed E-state index contributed by atoms with van der Waals surface area (Å²) in [5.74, 6) is -0.542. The van der Waals surface area contributed by atoms with Gasteiger partial charge in [0, 0.05) is 4.47 Å². The van der Waals surface area contributed by atoms with Crippen molar-refractivity contribution in [2.75, 3.05) is 0 Å². The van der Waals surface area contributed by atoms with E-state index in [-0.39, 0.29) is 11.3 Å². The number of phenols is 1. The fourth-order valence-corrected chi connectivity index (χ4v) is 1.74. The molecule has 1 rings (SSSR count). The van der Waals surface area contributed by atoms with Crippen molar-refractivity contribution in [3.63, 3.8) is 0 Å². The zero-order chi connectivity index (χ0) is 12.8. The molecule has 0 heterocycles. The van der Waals surface area contributed by atoms with Crippen LogP contribution in [0.5, 0.6) is 5.75 Å². The third kappa shape index (κ3) is 3.75. The first-order valence-electron chi connectivity index (χ1n) is 5.27. The van der Waals surface area contributed by atoms with Crippen LogP contribution >= 0.6 is 15.9 Å². The summed E-state index contributed by atoms with van der Waals surface area (Å²) in [5.41, 5.74) is 0.171. The Labute approximate surface area is 108 Å². The van der Waals surface area contributed by atoms with Crippen molar-refractivity contribution in [2.24, 2.45) is 0 Å². The maximum atomic E-state index is 11.8. The number of carbonyl (C=O) groups excluding carboxylic acids is 1. The number of amides is 1. The molecule has 0 aliphatic carbocycles. The van der Waals surface area contributed by atoms with Crippen LogP contribution in [-0.4, -0.2) is 17.1 Å². The molecule has 17 heavy (non-hydrogen) atoms. The van der Waals surface area contributed by atoms with E-state index >= 15 is 0 Å². The molecule has 0 bridgehead atoms. The maximum absolute atomic E-state index is 11.8. The fourth-order valence-electron chi connectivity index (χ4n) is 1.39. The largest absolute Gasteiger partial charge is 0.507 e. The average molecular weight is 297 g/mol. The van der Waals surface area contributed by atoms with Crippen LogP contribution < -0.4 is 5.32 Å². The Balaban J connectivity index is 2.79. The molecular weight excluding hydrogens is 284 g/mol. The van der Waals surface area contributed by atoms with Crippen LogP contribution in [-0.2, 0) is 0 Å². The number of nitriles is 1. The zero-order valence-corrected chi connectivity index (χ0v) is 11.0. The second-order valence-corrected chi connectivity index (χ2v) is 4.52. The Bertz CT molecular complexity index is 454. The Hall–Kier alpha value is -1.54. The number of nitrogens with one attached hydrogen (secondary N) is 1. The second kappa shape index (κ2) is 6.26. The summed E-state index contributed by atoms with van der Waals surface area (Å²) >= 11 is 3.19. The molecule has 1 atom stereocenters. The molecule has 0 fully saturated rings. The van der Waals surface area contributed by atoms with E-state index in [1.54, 1.807) is 6.07 Å². The van der Waals surface area contributed by atoms with Crippen LogP contribution in [0.2, 0.25) is 0 Å². The van der Waals surface area contributed by atoms with Crippen LogP contribution in [0.3, 0.4) is 0 Å². The zero-order valence-electron chi connectivity index (χ0n) is 9.40. The van der Waals surface area contributed by atoms with Gasteiger partial charge in [0.05, 0.1) is 11.6 Å². The molecule has 90 valence electrons. The molecule has 0 saturated carbocycles. The van der Waals surface area contributed by atoms with Crippen LogP contribution in [0.15, 0.2) is 22.7 Å². The van der Waals surface area contributed by atoms with Crippen molar-refractivity contribution in [3.8, 4) is 11.8 Å². The van der Waals surface area contributed by atoms with Crippen molar-refractivity contribution in [2.45, 2.75) is 25.8 Å². The third-order valence-electron chi connectivity index (χ3n) is 2.24. The van der Waals surface area contributed by atoms with Gasteiger partial charge in [0.2, 0.25) is 0 Å². The van der Waals surface area contributed by atoms with Gasteiger partial charge in [0.1, 0.15) is 11.8 Å². The monoisotopic (exact) mass is 296 g/mol. The van der Waals surface area contributed by atoms with Crippen LogP contribution in [0.25, 0.3) is 0 Å². The van der Waals surface area contributed by atoms with E-state index in [2.05, 4.69) is 21.2 Å². The standard InChI is InChI=1S/C12H13BrN2O2/c1-2-3-9(7-14)15-12(17)10-5-4-8(13)6-11(10)16/h4-6,9,16H,2-3H2,1H3,(H,15,17). The first-order valence-corrected chi connectivity index (χ1v) is 6.06. The molecule has 5 heteroatoms. The van der Waals surface area contributed by atoms with Gasteiger partial charge < -0.3 is 10.4 Å². The normalized spacial score (nSPS) is 11.6. The van der Waals surface area contributed by atoms with Gasteiger partial charge in [-0.2, -0.15) is 5.26 Å². The molecule has 0 saturated heterocycles. The summed E-state index contributed by atoms with van der Waals surface area (Å²) in [6, 6.07) is 6.11. The first kappa shape index (κ1) is 13.5. The van der Waals surface area contributed by atoms with Crippen molar-refractivity contribution in [3.05, 3.63) is 28.2 Å².